The summed E-state index contributed by atoms with van der Waals surface area (Å²) in [6, 6.07) is -0.667. The highest BCUT2D eigenvalue weighted by Crippen LogP contribution is 2.42. The molecule has 0 aromatic heterocycles. The molecular weight excluding hydrogens is 782 g/mol. The first-order valence-corrected chi connectivity index (χ1v) is 21.5. The van der Waals surface area contributed by atoms with Gasteiger partial charge in [0.05, 0.1) is 35.9 Å². The number of esters is 1. The van der Waals surface area contributed by atoms with Crippen molar-refractivity contribution in [3.63, 3.8) is 0 Å². The number of carbonyl (C=O) groups is 3. The summed E-state index contributed by atoms with van der Waals surface area (Å²) in [6.07, 6.45) is -7.70. The van der Waals surface area contributed by atoms with Crippen molar-refractivity contribution in [2.45, 2.75) is 185 Å². The molecular formula is C43H75N3O14. The number of aliphatic hydroxyl groups excluding tert-OH is 1. The van der Waals surface area contributed by atoms with Crippen LogP contribution in [0.1, 0.15) is 94.9 Å². The summed E-state index contributed by atoms with van der Waals surface area (Å²) in [5, 5.41) is 27.0. The van der Waals surface area contributed by atoms with Crippen LogP contribution in [0.4, 0.5) is 9.59 Å². The molecule has 0 aromatic carbocycles. The number of hydrogen-bond donors (Lipinski definition) is 3. The Morgan fingerprint density at radius 3 is 2.30 bits per heavy atom. The van der Waals surface area contributed by atoms with E-state index in [1.165, 1.54) is 13.2 Å². The number of fused-ring (bicyclic) bond motifs is 1. The van der Waals surface area contributed by atoms with Gasteiger partial charge >= 0.3 is 18.2 Å². The Kier molecular flexibility index (Phi) is 16.9. The van der Waals surface area contributed by atoms with Gasteiger partial charge < -0.3 is 63.1 Å². The molecule has 4 heterocycles. The summed E-state index contributed by atoms with van der Waals surface area (Å²) in [5.41, 5.74) is -4.02. The van der Waals surface area contributed by atoms with Crippen molar-refractivity contribution in [2.24, 2.45) is 17.8 Å². The van der Waals surface area contributed by atoms with E-state index in [1.807, 2.05) is 65.6 Å². The molecule has 17 nitrogen and oxygen atoms in total. The van der Waals surface area contributed by atoms with Crippen molar-refractivity contribution in [3.05, 3.63) is 12.7 Å². The SMILES string of the molecule is C=CCNC(=O)O[C@H]1[C@H](C)O[C@@H](O[C@H]2[C@H](C)[C@@H](O[C@@H]3O[C@H](C)C[C@H](N(C)C)[C@H]3O)[C@@](C)(O)C[C@@H](C)CN(C)[C@H](C)[C@H]3OC(=O)O[C@]3(C)[C@@H](CC)OC(=O)[C@@H]2C)C[C@@]1(C)OC. The first-order valence-electron chi connectivity index (χ1n) is 21.5. The Morgan fingerprint density at radius 1 is 1.03 bits per heavy atom. The number of alkyl carbamates (subject to hydrolysis) is 1. The highest BCUT2D eigenvalue weighted by atomic mass is 16.8. The number of nitrogens with zero attached hydrogens (tertiary/aromatic N) is 2. The second-order valence-corrected chi connectivity index (χ2v) is 18.6. The first kappa shape index (κ1) is 50.0. The van der Waals surface area contributed by atoms with Crippen LogP contribution in [0, 0.1) is 17.8 Å². The zero-order chi connectivity index (χ0) is 45.1. The minimum Gasteiger partial charge on any atom is -0.458 e. The van der Waals surface area contributed by atoms with Gasteiger partial charge in [-0.2, -0.15) is 0 Å². The number of rotatable bonds is 10. The number of methoxy groups -OCH3 is 1. The van der Waals surface area contributed by atoms with Crippen molar-refractivity contribution in [1.29, 1.82) is 0 Å². The first-order chi connectivity index (χ1) is 27.9. The number of aliphatic hydroxyl groups is 2. The second-order valence-electron chi connectivity index (χ2n) is 18.6. The molecule has 346 valence electrons. The van der Waals surface area contributed by atoms with Gasteiger partial charge in [-0.25, -0.2) is 9.59 Å². The minimum absolute atomic E-state index is 0.0819. The molecule has 0 spiro atoms. The fraction of sp³-hybridized carbons (Fsp3) is 0.884. The molecule has 4 rings (SSSR count). The van der Waals surface area contributed by atoms with Crippen LogP contribution in [0.2, 0.25) is 0 Å². The third-order valence-corrected chi connectivity index (χ3v) is 13.3. The number of carbonyl (C=O) groups excluding carboxylic acids is 3. The lowest BCUT2D eigenvalue weighted by Crippen LogP contribution is -2.61. The number of hydrogen-bond acceptors (Lipinski definition) is 16. The number of amides is 1. The summed E-state index contributed by atoms with van der Waals surface area (Å²) in [4.78, 5) is 44.1. The van der Waals surface area contributed by atoms with Gasteiger partial charge in [0.15, 0.2) is 30.4 Å². The Morgan fingerprint density at radius 2 is 1.70 bits per heavy atom. The molecule has 0 aliphatic carbocycles. The maximum atomic E-state index is 14.6. The largest absolute Gasteiger partial charge is 0.509 e. The van der Waals surface area contributed by atoms with E-state index in [0.717, 1.165) is 0 Å². The average molecular weight is 858 g/mol. The molecule has 0 radical (unpaired) electrons. The van der Waals surface area contributed by atoms with Crippen LogP contribution >= 0.6 is 0 Å². The van der Waals surface area contributed by atoms with E-state index in [0.29, 0.717) is 19.4 Å². The van der Waals surface area contributed by atoms with Crippen LogP contribution in [0.5, 0.6) is 0 Å². The third-order valence-electron chi connectivity index (χ3n) is 13.3. The molecule has 0 aromatic rings. The highest BCUT2D eigenvalue weighted by Gasteiger charge is 2.58. The van der Waals surface area contributed by atoms with Gasteiger partial charge in [0.1, 0.15) is 17.8 Å². The average Bonchev–Trinajstić information content (AvgIpc) is 3.48. The highest BCUT2D eigenvalue weighted by molar-refractivity contribution is 5.73. The quantitative estimate of drug-likeness (QED) is 0.162. The van der Waals surface area contributed by atoms with Crippen molar-refractivity contribution >= 4 is 18.2 Å². The van der Waals surface area contributed by atoms with Crippen molar-refractivity contribution < 1.29 is 67.2 Å². The van der Waals surface area contributed by atoms with E-state index >= 15 is 0 Å². The summed E-state index contributed by atoms with van der Waals surface area (Å²) < 4.78 is 56.1. The molecule has 0 bridgehead atoms. The van der Waals surface area contributed by atoms with E-state index in [1.54, 1.807) is 34.6 Å². The summed E-state index contributed by atoms with van der Waals surface area (Å²) in [7, 11) is 7.19. The van der Waals surface area contributed by atoms with Crippen LogP contribution in [0.3, 0.4) is 0 Å². The van der Waals surface area contributed by atoms with Gasteiger partial charge in [-0.1, -0.05) is 26.8 Å². The molecule has 4 aliphatic rings. The van der Waals surface area contributed by atoms with Crippen LogP contribution in [-0.4, -0.2) is 170 Å². The van der Waals surface area contributed by atoms with Gasteiger partial charge in [0, 0.05) is 44.6 Å². The van der Waals surface area contributed by atoms with E-state index in [9.17, 15) is 24.6 Å². The fourth-order valence-corrected chi connectivity index (χ4v) is 9.87. The summed E-state index contributed by atoms with van der Waals surface area (Å²) in [5.74, 6) is -2.62. The van der Waals surface area contributed by atoms with E-state index in [-0.39, 0.29) is 43.5 Å². The molecule has 4 saturated heterocycles. The van der Waals surface area contributed by atoms with E-state index in [4.69, 9.17) is 42.6 Å². The molecule has 4 aliphatic heterocycles. The molecule has 3 N–H and O–H groups in total. The molecule has 0 saturated carbocycles. The number of ether oxygens (including phenoxy) is 9. The Labute approximate surface area is 357 Å². The molecule has 17 heteroatoms. The van der Waals surface area contributed by atoms with Crippen LogP contribution in [0.25, 0.3) is 0 Å². The Hall–Kier alpha value is -2.61. The normalized spacial score (nSPS) is 45.0. The van der Waals surface area contributed by atoms with Crippen molar-refractivity contribution in [3.8, 4) is 0 Å². The summed E-state index contributed by atoms with van der Waals surface area (Å²) >= 11 is 0. The van der Waals surface area contributed by atoms with Crippen molar-refractivity contribution in [1.82, 2.24) is 15.1 Å². The molecule has 4 fully saturated rings. The molecule has 1 amide bonds. The molecule has 18 atom stereocenters. The number of likely N-dealkylation sites (N-methyl/N-ethyl adjacent to an activating group) is 2. The lowest BCUT2D eigenvalue weighted by Gasteiger charge is -2.49. The zero-order valence-electron chi connectivity index (χ0n) is 38.4. The van der Waals surface area contributed by atoms with Gasteiger partial charge in [0.2, 0.25) is 0 Å². The maximum Gasteiger partial charge on any atom is 0.509 e. The third kappa shape index (κ3) is 11.1. The second kappa shape index (κ2) is 20.3. The monoisotopic (exact) mass is 858 g/mol. The smallest absolute Gasteiger partial charge is 0.458 e. The van der Waals surface area contributed by atoms with Crippen LogP contribution < -0.4 is 5.32 Å². The van der Waals surface area contributed by atoms with Gasteiger partial charge in [-0.15, -0.1) is 6.58 Å². The zero-order valence-corrected chi connectivity index (χ0v) is 38.4. The predicted octanol–water partition coefficient (Wildman–Crippen LogP) is 4.00. The maximum absolute atomic E-state index is 14.6. The number of cyclic esters (lactones) is 1. The van der Waals surface area contributed by atoms with Crippen LogP contribution in [-0.2, 0) is 47.4 Å². The molecule has 0 unspecified atom stereocenters. The standard InChI is InChI=1S/C43H75N3O14/c1-16-18-44-39(49)58-36-28(8)54-31(21-42(36,10)52-15)56-33-25(5)34(57-38-32(47)29(45(12)13)19-24(4)53-38)41(9,51)20-23(3)22-46(14)27(7)35-43(11,60-40(50)59-35)30(17-2)55-37(48)26(33)6/h16,23-36,38,47,51H,1,17-22H2,2-15H3,(H,44,49)/t23-,24-,25+,26-,27-,28+,29+,30-,31+,32-,33+,34-,35-,36+,38+,41+,42-,43-/m1/s1. The Bertz CT molecular complexity index is 1470. The van der Waals surface area contributed by atoms with Crippen LogP contribution in [0.15, 0.2) is 12.7 Å². The van der Waals surface area contributed by atoms with E-state index in [2.05, 4.69) is 11.9 Å². The van der Waals surface area contributed by atoms with Gasteiger partial charge in [0.25, 0.3) is 0 Å². The Balaban J connectivity index is 1.81. The van der Waals surface area contributed by atoms with Crippen molar-refractivity contribution in [2.75, 3.05) is 41.3 Å². The molecule has 60 heavy (non-hydrogen) atoms. The van der Waals surface area contributed by atoms with Gasteiger partial charge in [-0.3, -0.25) is 9.69 Å². The number of nitrogens with one attached hydrogen (secondary N) is 1. The fourth-order valence-electron chi connectivity index (χ4n) is 9.87. The van der Waals surface area contributed by atoms with Gasteiger partial charge in [-0.05, 0) is 94.8 Å². The topological polar surface area (TPSA) is 193 Å². The lowest BCUT2D eigenvalue weighted by molar-refractivity contribution is -0.317. The van der Waals surface area contributed by atoms with E-state index < -0.39 is 102 Å². The predicted molar refractivity (Wildman–Crippen MR) is 220 cm³/mol. The minimum atomic E-state index is -1.59. The lowest BCUT2D eigenvalue weighted by atomic mass is 9.77. The summed E-state index contributed by atoms with van der Waals surface area (Å²) in [6.45, 7) is 22.5.